The van der Waals surface area contributed by atoms with E-state index in [0.29, 0.717) is 6.04 Å². The van der Waals surface area contributed by atoms with E-state index in [9.17, 15) is 0 Å². The molecule has 0 spiro atoms. The molecule has 1 aliphatic carbocycles. The largest absolute Gasteiger partial charge is 0.364 e. The summed E-state index contributed by atoms with van der Waals surface area (Å²) in [5.74, 6) is 1.97. The lowest BCUT2D eigenvalue weighted by Crippen LogP contribution is -2.46. The number of aryl methyl sites for hydroxylation is 1. The quantitative estimate of drug-likeness (QED) is 0.713. The van der Waals surface area contributed by atoms with Gasteiger partial charge in [0.15, 0.2) is 11.6 Å². The SMILES string of the molecule is Cc1cccc(CN2CCN(c3nc4ccccc4nc3NC3CC3)CC2)c1C. The third-order valence-corrected chi connectivity index (χ3v) is 6.25. The number of hydrogen-bond donors (Lipinski definition) is 1. The third-order valence-electron chi connectivity index (χ3n) is 6.25. The predicted molar refractivity (Wildman–Crippen MR) is 120 cm³/mol. The Morgan fingerprint density at radius 2 is 1.62 bits per heavy atom. The summed E-state index contributed by atoms with van der Waals surface area (Å²) in [5, 5.41) is 3.61. The molecule has 1 aromatic heterocycles. The highest BCUT2D eigenvalue weighted by molar-refractivity contribution is 5.80. The summed E-state index contributed by atoms with van der Waals surface area (Å²) in [6, 6.07) is 15.4. The molecule has 0 amide bonds. The van der Waals surface area contributed by atoms with Gasteiger partial charge in [0.2, 0.25) is 0 Å². The van der Waals surface area contributed by atoms with Crippen molar-refractivity contribution < 1.29 is 0 Å². The van der Waals surface area contributed by atoms with Crippen LogP contribution >= 0.6 is 0 Å². The van der Waals surface area contributed by atoms with Crippen LogP contribution in [0.5, 0.6) is 0 Å². The Hall–Kier alpha value is -2.66. The Morgan fingerprint density at radius 3 is 2.34 bits per heavy atom. The molecule has 5 rings (SSSR count). The minimum Gasteiger partial charge on any atom is -0.364 e. The first kappa shape index (κ1) is 18.4. The van der Waals surface area contributed by atoms with Crippen molar-refractivity contribution in [1.29, 1.82) is 0 Å². The van der Waals surface area contributed by atoms with Crippen molar-refractivity contribution >= 4 is 22.7 Å². The van der Waals surface area contributed by atoms with Gasteiger partial charge in [-0.1, -0.05) is 30.3 Å². The van der Waals surface area contributed by atoms with Crippen molar-refractivity contribution in [2.45, 2.75) is 39.3 Å². The normalized spacial score (nSPS) is 17.7. The van der Waals surface area contributed by atoms with Crippen molar-refractivity contribution in [3.8, 4) is 0 Å². The van der Waals surface area contributed by atoms with Crippen LogP contribution in [-0.4, -0.2) is 47.1 Å². The summed E-state index contributed by atoms with van der Waals surface area (Å²) in [6.45, 7) is 9.52. The van der Waals surface area contributed by atoms with Crippen LogP contribution in [0.25, 0.3) is 11.0 Å². The highest BCUT2D eigenvalue weighted by Crippen LogP contribution is 2.31. The minimum atomic E-state index is 0.565. The molecule has 29 heavy (non-hydrogen) atoms. The van der Waals surface area contributed by atoms with Crippen LogP contribution in [-0.2, 0) is 6.54 Å². The van der Waals surface area contributed by atoms with E-state index < -0.39 is 0 Å². The number of benzene rings is 2. The van der Waals surface area contributed by atoms with E-state index in [1.807, 2.05) is 18.2 Å². The van der Waals surface area contributed by atoms with Gasteiger partial charge in [-0.2, -0.15) is 0 Å². The van der Waals surface area contributed by atoms with Gasteiger partial charge in [0.25, 0.3) is 0 Å². The highest BCUT2D eigenvalue weighted by Gasteiger charge is 2.27. The first-order valence-corrected chi connectivity index (χ1v) is 10.7. The molecular formula is C24H29N5. The zero-order valence-electron chi connectivity index (χ0n) is 17.4. The van der Waals surface area contributed by atoms with E-state index in [1.54, 1.807) is 0 Å². The van der Waals surface area contributed by atoms with Gasteiger partial charge < -0.3 is 10.2 Å². The van der Waals surface area contributed by atoms with E-state index in [4.69, 9.17) is 9.97 Å². The molecule has 2 aliphatic rings. The maximum Gasteiger partial charge on any atom is 0.172 e. The van der Waals surface area contributed by atoms with Crippen molar-refractivity contribution in [2.75, 3.05) is 36.4 Å². The molecule has 1 aliphatic heterocycles. The minimum absolute atomic E-state index is 0.565. The Morgan fingerprint density at radius 1 is 0.897 bits per heavy atom. The number of rotatable bonds is 5. The van der Waals surface area contributed by atoms with Gasteiger partial charge in [-0.25, -0.2) is 9.97 Å². The van der Waals surface area contributed by atoms with Crippen molar-refractivity contribution in [3.63, 3.8) is 0 Å². The molecule has 1 N–H and O–H groups in total. The maximum atomic E-state index is 5.00. The van der Waals surface area contributed by atoms with E-state index in [2.05, 4.69) is 53.2 Å². The van der Waals surface area contributed by atoms with Crippen molar-refractivity contribution in [3.05, 3.63) is 59.2 Å². The Kier molecular flexibility index (Phi) is 4.84. The number of hydrogen-bond acceptors (Lipinski definition) is 5. The van der Waals surface area contributed by atoms with Crippen LogP contribution in [0.4, 0.5) is 11.6 Å². The average molecular weight is 388 g/mol. The van der Waals surface area contributed by atoms with E-state index in [-0.39, 0.29) is 0 Å². The van der Waals surface area contributed by atoms with Gasteiger partial charge in [-0.05, 0) is 55.5 Å². The van der Waals surface area contributed by atoms with Crippen LogP contribution in [0.15, 0.2) is 42.5 Å². The fourth-order valence-electron chi connectivity index (χ4n) is 4.07. The van der Waals surface area contributed by atoms with E-state index in [0.717, 1.165) is 55.4 Å². The van der Waals surface area contributed by atoms with Gasteiger partial charge in [0.05, 0.1) is 11.0 Å². The summed E-state index contributed by atoms with van der Waals surface area (Å²) in [5.41, 5.74) is 6.18. The number of aromatic nitrogens is 2. The molecule has 3 aromatic rings. The number of piperazine rings is 1. The molecule has 0 radical (unpaired) electrons. The second kappa shape index (κ2) is 7.64. The Labute approximate surface area is 172 Å². The maximum absolute atomic E-state index is 5.00. The standard InChI is InChI=1S/C24H29N5/c1-17-6-5-7-19(18(17)2)16-28-12-14-29(15-13-28)24-23(25-20-10-11-20)26-21-8-3-4-9-22(21)27-24/h3-9,20H,10-16H2,1-2H3,(H,25,26). The van der Waals surface area contributed by atoms with Crippen molar-refractivity contribution in [2.24, 2.45) is 0 Å². The molecule has 0 atom stereocenters. The smallest absolute Gasteiger partial charge is 0.172 e. The van der Waals surface area contributed by atoms with Crippen LogP contribution in [0.3, 0.4) is 0 Å². The number of anilines is 2. The summed E-state index contributed by atoms with van der Waals surface area (Å²) < 4.78 is 0. The molecule has 5 nitrogen and oxygen atoms in total. The second-order valence-electron chi connectivity index (χ2n) is 8.43. The number of fused-ring (bicyclic) bond motifs is 1. The fraction of sp³-hybridized carbons (Fsp3) is 0.417. The average Bonchev–Trinajstić information content (AvgIpc) is 3.56. The van der Waals surface area contributed by atoms with E-state index >= 15 is 0 Å². The summed E-state index contributed by atoms with van der Waals surface area (Å²) in [4.78, 5) is 14.9. The lowest BCUT2D eigenvalue weighted by Gasteiger charge is -2.36. The molecule has 1 saturated carbocycles. The number of nitrogens with zero attached hydrogens (tertiary/aromatic N) is 4. The molecule has 1 saturated heterocycles. The zero-order chi connectivity index (χ0) is 19.8. The fourth-order valence-corrected chi connectivity index (χ4v) is 4.07. The lowest BCUT2D eigenvalue weighted by molar-refractivity contribution is 0.249. The Bertz CT molecular complexity index is 1020. The van der Waals surface area contributed by atoms with Crippen LogP contribution in [0, 0.1) is 13.8 Å². The Balaban J connectivity index is 1.33. The van der Waals surface area contributed by atoms with E-state index in [1.165, 1.54) is 29.5 Å². The van der Waals surface area contributed by atoms with Gasteiger partial charge in [0.1, 0.15) is 0 Å². The van der Waals surface area contributed by atoms with Crippen LogP contribution < -0.4 is 10.2 Å². The number of para-hydroxylation sites is 2. The van der Waals surface area contributed by atoms with Crippen LogP contribution in [0.1, 0.15) is 29.5 Å². The van der Waals surface area contributed by atoms with Gasteiger partial charge in [-0.3, -0.25) is 4.90 Å². The topological polar surface area (TPSA) is 44.3 Å². The molecule has 2 aromatic carbocycles. The first-order valence-electron chi connectivity index (χ1n) is 10.7. The van der Waals surface area contributed by atoms with Gasteiger partial charge in [-0.15, -0.1) is 0 Å². The second-order valence-corrected chi connectivity index (χ2v) is 8.43. The molecule has 2 heterocycles. The lowest BCUT2D eigenvalue weighted by atomic mass is 10.0. The van der Waals surface area contributed by atoms with Gasteiger partial charge >= 0.3 is 0 Å². The van der Waals surface area contributed by atoms with Gasteiger partial charge in [0, 0.05) is 38.8 Å². The predicted octanol–water partition coefficient (Wildman–Crippen LogP) is 4.14. The third kappa shape index (κ3) is 3.92. The molecule has 0 bridgehead atoms. The van der Waals surface area contributed by atoms with Crippen molar-refractivity contribution in [1.82, 2.24) is 14.9 Å². The first-order chi connectivity index (χ1) is 14.2. The van der Waals surface area contributed by atoms with Crippen LogP contribution in [0.2, 0.25) is 0 Å². The molecule has 150 valence electrons. The highest BCUT2D eigenvalue weighted by atomic mass is 15.3. The molecule has 2 fully saturated rings. The monoisotopic (exact) mass is 387 g/mol. The summed E-state index contributed by atoms with van der Waals surface area (Å²) in [7, 11) is 0. The molecular weight excluding hydrogens is 358 g/mol. The summed E-state index contributed by atoms with van der Waals surface area (Å²) in [6.07, 6.45) is 2.47. The molecule has 0 unspecified atom stereocenters. The number of nitrogens with one attached hydrogen (secondary N) is 1. The zero-order valence-corrected chi connectivity index (χ0v) is 17.4. The summed E-state index contributed by atoms with van der Waals surface area (Å²) >= 11 is 0. The molecule has 5 heteroatoms.